The molecule has 4 nitrogen and oxygen atoms in total. The third kappa shape index (κ3) is 3.34. The second-order valence-electron chi connectivity index (χ2n) is 4.31. The normalized spacial score (nSPS) is 26.4. The SMILES string of the molecule is CCC(OC)C(=O)N1CC(CN)CC1C.Cl. The van der Waals surface area contributed by atoms with Crippen molar-refractivity contribution < 1.29 is 9.53 Å². The van der Waals surface area contributed by atoms with E-state index in [0.717, 1.165) is 19.4 Å². The summed E-state index contributed by atoms with van der Waals surface area (Å²) in [5.74, 6) is 0.571. The molecule has 1 fully saturated rings. The maximum atomic E-state index is 12.0. The Morgan fingerprint density at radius 1 is 1.62 bits per heavy atom. The Kier molecular flexibility index (Phi) is 6.95. The van der Waals surface area contributed by atoms with Gasteiger partial charge in [-0.05, 0) is 32.2 Å². The minimum atomic E-state index is -0.288. The number of hydrogen-bond donors (Lipinski definition) is 1. The first-order valence-corrected chi connectivity index (χ1v) is 5.67. The van der Waals surface area contributed by atoms with E-state index >= 15 is 0 Å². The van der Waals surface area contributed by atoms with Crippen molar-refractivity contribution in [2.24, 2.45) is 11.7 Å². The van der Waals surface area contributed by atoms with Crippen LogP contribution in [0.4, 0.5) is 0 Å². The first-order valence-electron chi connectivity index (χ1n) is 5.67. The molecule has 96 valence electrons. The van der Waals surface area contributed by atoms with Gasteiger partial charge >= 0.3 is 0 Å². The summed E-state index contributed by atoms with van der Waals surface area (Å²) >= 11 is 0. The van der Waals surface area contributed by atoms with Crippen molar-refractivity contribution in [2.75, 3.05) is 20.2 Å². The molecular weight excluding hydrogens is 228 g/mol. The number of ether oxygens (including phenoxy) is 1. The van der Waals surface area contributed by atoms with Crippen molar-refractivity contribution in [1.29, 1.82) is 0 Å². The smallest absolute Gasteiger partial charge is 0.251 e. The van der Waals surface area contributed by atoms with Crippen LogP contribution in [0.5, 0.6) is 0 Å². The standard InChI is InChI=1S/C11H22N2O2.ClH/c1-4-10(15-3)11(14)13-7-9(6-12)5-8(13)2;/h8-10H,4-7,12H2,1-3H3;1H. The Balaban J connectivity index is 0.00000225. The van der Waals surface area contributed by atoms with Gasteiger partial charge in [-0.3, -0.25) is 4.79 Å². The fourth-order valence-electron chi connectivity index (χ4n) is 2.25. The van der Waals surface area contributed by atoms with Crippen LogP contribution in [0.2, 0.25) is 0 Å². The van der Waals surface area contributed by atoms with Gasteiger partial charge in [0.05, 0.1) is 0 Å². The lowest BCUT2D eigenvalue weighted by Gasteiger charge is -2.25. The highest BCUT2D eigenvalue weighted by molar-refractivity contribution is 5.85. The number of methoxy groups -OCH3 is 1. The Morgan fingerprint density at radius 3 is 2.62 bits per heavy atom. The molecule has 0 saturated carbocycles. The maximum Gasteiger partial charge on any atom is 0.251 e. The van der Waals surface area contributed by atoms with Crippen molar-refractivity contribution in [1.82, 2.24) is 4.90 Å². The summed E-state index contributed by atoms with van der Waals surface area (Å²) in [6.07, 6.45) is 1.46. The van der Waals surface area contributed by atoms with E-state index in [1.165, 1.54) is 0 Å². The minimum Gasteiger partial charge on any atom is -0.372 e. The van der Waals surface area contributed by atoms with Gasteiger partial charge in [0, 0.05) is 19.7 Å². The van der Waals surface area contributed by atoms with E-state index < -0.39 is 0 Å². The third-order valence-electron chi connectivity index (χ3n) is 3.21. The Bertz CT molecular complexity index is 222. The van der Waals surface area contributed by atoms with Gasteiger partial charge in [0.15, 0.2) is 0 Å². The molecule has 0 aromatic carbocycles. The largest absolute Gasteiger partial charge is 0.372 e. The summed E-state index contributed by atoms with van der Waals surface area (Å²) in [5.41, 5.74) is 5.63. The molecule has 2 N–H and O–H groups in total. The molecule has 3 atom stereocenters. The molecular formula is C11H23ClN2O2. The summed E-state index contributed by atoms with van der Waals surface area (Å²) in [6, 6.07) is 0.301. The molecule has 3 unspecified atom stereocenters. The zero-order chi connectivity index (χ0) is 11.4. The molecule has 1 aliphatic rings. The number of hydrogen-bond acceptors (Lipinski definition) is 3. The highest BCUT2D eigenvalue weighted by Gasteiger charge is 2.34. The molecule has 16 heavy (non-hydrogen) atoms. The molecule has 0 aliphatic carbocycles. The predicted octanol–water partition coefficient (Wildman–Crippen LogP) is 1.03. The minimum absolute atomic E-state index is 0. The monoisotopic (exact) mass is 250 g/mol. The average molecular weight is 251 g/mol. The van der Waals surface area contributed by atoms with Gasteiger partial charge in [0.1, 0.15) is 6.10 Å². The van der Waals surface area contributed by atoms with Crippen molar-refractivity contribution >= 4 is 18.3 Å². The number of nitrogens with two attached hydrogens (primary N) is 1. The summed E-state index contributed by atoms with van der Waals surface area (Å²) < 4.78 is 5.17. The topological polar surface area (TPSA) is 55.6 Å². The molecule has 0 aromatic heterocycles. The fourth-order valence-corrected chi connectivity index (χ4v) is 2.25. The van der Waals surface area contributed by atoms with Crippen molar-refractivity contribution in [2.45, 2.75) is 38.8 Å². The lowest BCUT2D eigenvalue weighted by Crippen LogP contribution is -2.42. The van der Waals surface area contributed by atoms with Gasteiger partial charge in [-0.25, -0.2) is 0 Å². The number of carbonyl (C=O) groups excluding carboxylic acids is 1. The maximum absolute atomic E-state index is 12.0. The average Bonchev–Trinajstić information content (AvgIpc) is 2.61. The lowest BCUT2D eigenvalue weighted by atomic mass is 10.1. The first-order chi connectivity index (χ1) is 7.13. The van der Waals surface area contributed by atoms with Gasteiger partial charge in [0.25, 0.3) is 5.91 Å². The summed E-state index contributed by atoms with van der Waals surface area (Å²) in [6.45, 7) is 5.50. The van der Waals surface area contributed by atoms with Gasteiger partial charge in [-0.15, -0.1) is 12.4 Å². The van der Waals surface area contributed by atoms with E-state index in [1.54, 1.807) is 7.11 Å². The Labute approximate surface area is 104 Å². The van der Waals surface area contributed by atoms with Gasteiger partial charge < -0.3 is 15.4 Å². The van der Waals surface area contributed by atoms with Crippen molar-refractivity contribution in [3.05, 3.63) is 0 Å². The fraction of sp³-hybridized carbons (Fsp3) is 0.909. The van der Waals surface area contributed by atoms with Crippen LogP contribution in [0.25, 0.3) is 0 Å². The second-order valence-corrected chi connectivity index (χ2v) is 4.31. The number of rotatable bonds is 4. The molecule has 1 saturated heterocycles. The van der Waals surface area contributed by atoms with Crippen molar-refractivity contribution in [3.8, 4) is 0 Å². The molecule has 0 aromatic rings. The third-order valence-corrected chi connectivity index (χ3v) is 3.21. The predicted molar refractivity (Wildman–Crippen MR) is 66.7 cm³/mol. The number of halogens is 1. The van der Waals surface area contributed by atoms with Gasteiger partial charge in [0.2, 0.25) is 0 Å². The molecule has 1 rings (SSSR count). The van der Waals surface area contributed by atoms with E-state index in [9.17, 15) is 4.79 Å². The Hall–Kier alpha value is -0.320. The quantitative estimate of drug-likeness (QED) is 0.811. The summed E-state index contributed by atoms with van der Waals surface area (Å²) in [7, 11) is 1.59. The van der Waals surface area contributed by atoms with E-state index in [1.807, 2.05) is 11.8 Å². The van der Waals surface area contributed by atoms with Gasteiger partial charge in [-0.1, -0.05) is 6.92 Å². The van der Waals surface area contributed by atoms with E-state index in [4.69, 9.17) is 10.5 Å². The first kappa shape index (κ1) is 15.7. The number of amides is 1. The summed E-state index contributed by atoms with van der Waals surface area (Å²) in [5, 5.41) is 0. The second kappa shape index (κ2) is 7.09. The molecule has 0 spiro atoms. The van der Waals surface area contributed by atoms with Gasteiger partial charge in [-0.2, -0.15) is 0 Å². The number of carbonyl (C=O) groups is 1. The van der Waals surface area contributed by atoms with Crippen LogP contribution in [0, 0.1) is 5.92 Å². The van der Waals surface area contributed by atoms with E-state index in [2.05, 4.69) is 6.92 Å². The molecule has 5 heteroatoms. The molecule has 1 heterocycles. The van der Waals surface area contributed by atoms with Crippen LogP contribution in [-0.2, 0) is 9.53 Å². The molecule has 0 radical (unpaired) electrons. The number of likely N-dealkylation sites (tertiary alicyclic amines) is 1. The van der Waals surface area contributed by atoms with Crippen LogP contribution in [0.1, 0.15) is 26.7 Å². The van der Waals surface area contributed by atoms with Crippen LogP contribution in [-0.4, -0.2) is 43.2 Å². The van der Waals surface area contributed by atoms with Crippen LogP contribution in [0.3, 0.4) is 0 Å². The highest BCUT2D eigenvalue weighted by atomic mass is 35.5. The Morgan fingerprint density at radius 2 is 2.25 bits per heavy atom. The van der Waals surface area contributed by atoms with Crippen LogP contribution >= 0.6 is 12.4 Å². The zero-order valence-electron chi connectivity index (χ0n) is 10.3. The lowest BCUT2D eigenvalue weighted by molar-refractivity contribution is -0.142. The number of nitrogens with zero attached hydrogens (tertiary/aromatic N) is 1. The highest BCUT2D eigenvalue weighted by Crippen LogP contribution is 2.23. The van der Waals surface area contributed by atoms with Crippen molar-refractivity contribution in [3.63, 3.8) is 0 Å². The zero-order valence-corrected chi connectivity index (χ0v) is 11.1. The summed E-state index contributed by atoms with van der Waals surface area (Å²) in [4.78, 5) is 14.0. The van der Waals surface area contributed by atoms with E-state index in [0.29, 0.717) is 18.5 Å². The van der Waals surface area contributed by atoms with E-state index in [-0.39, 0.29) is 24.4 Å². The molecule has 1 aliphatic heterocycles. The molecule has 1 amide bonds. The van der Waals surface area contributed by atoms with Crippen LogP contribution < -0.4 is 5.73 Å². The molecule has 0 bridgehead atoms. The van der Waals surface area contributed by atoms with Crippen LogP contribution in [0.15, 0.2) is 0 Å².